The first-order chi connectivity index (χ1) is 9.11. The lowest BCUT2D eigenvalue weighted by atomic mass is 9.91. The Morgan fingerprint density at radius 3 is 2.58 bits per heavy atom. The van der Waals surface area contributed by atoms with Gasteiger partial charge in [0.1, 0.15) is 0 Å². The van der Waals surface area contributed by atoms with Crippen molar-refractivity contribution in [3.8, 4) is 0 Å². The van der Waals surface area contributed by atoms with Gasteiger partial charge in [0.2, 0.25) is 5.91 Å². The predicted molar refractivity (Wildman–Crippen MR) is 69.6 cm³/mol. The average Bonchev–Trinajstić information content (AvgIpc) is 3.24. The van der Waals surface area contributed by atoms with E-state index in [9.17, 15) is 9.59 Å². The first-order valence-corrected chi connectivity index (χ1v) is 7.34. The zero-order valence-electron chi connectivity index (χ0n) is 11.2. The first kappa shape index (κ1) is 12.9. The molecule has 3 fully saturated rings. The minimum atomic E-state index is -0.815. The van der Waals surface area contributed by atoms with Gasteiger partial charge in [-0.3, -0.25) is 9.59 Å². The zero-order chi connectivity index (χ0) is 13.5. The Morgan fingerprint density at radius 2 is 2.00 bits per heavy atom. The summed E-state index contributed by atoms with van der Waals surface area (Å²) in [5.74, 6) is -0.197. The van der Waals surface area contributed by atoms with Gasteiger partial charge in [-0.25, -0.2) is 0 Å². The molecule has 5 heteroatoms. The van der Waals surface area contributed by atoms with Crippen molar-refractivity contribution in [1.82, 2.24) is 10.6 Å². The summed E-state index contributed by atoms with van der Waals surface area (Å²) in [6, 6.07) is -0.149. The van der Waals surface area contributed by atoms with E-state index in [-0.39, 0.29) is 29.7 Å². The molecule has 2 saturated carbocycles. The van der Waals surface area contributed by atoms with Crippen LogP contribution in [0.3, 0.4) is 0 Å². The topological polar surface area (TPSA) is 78.4 Å². The number of carboxylic acids is 1. The summed E-state index contributed by atoms with van der Waals surface area (Å²) >= 11 is 0. The highest BCUT2D eigenvalue weighted by atomic mass is 16.4. The van der Waals surface area contributed by atoms with Crippen LogP contribution in [-0.4, -0.2) is 36.1 Å². The van der Waals surface area contributed by atoms with E-state index in [2.05, 4.69) is 10.6 Å². The van der Waals surface area contributed by atoms with E-state index in [0.717, 1.165) is 45.2 Å². The van der Waals surface area contributed by atoms with Crippen LogP contribution in [0.5, 0.6) is 0 Å². The molecule has 1 saturated heterocycles. The molecule has 1 spiro atoms. The predicted octanol–water partition coefficient (Wildman–Crippen LogP) is 0.746. The van der Waals surface area contributed by atoms with Crippen LogP contribution >= 0.6 is 0 Å². The molecule has 0 aromatic rings. The fraction of sp³-hybridized carbons (Fsp3) is 0.857. The average molecular weight is 266 g/mol. The Labute approximate surface area is 113 Å². The third-order valence-corrected chi connectivity index (χ3v) is 5.02. The zero-order valence-corrected chi connectivity index (χ0v) is 11.2. The largest absolute Gasteiger partial charge is 0.481 e. The van der Waals surface area contributed by atoms with Gasteiger partial charge in [-0.1, -0.05) is 0 Å². The van der Waals surface area contributed by atoms with Crippen molar-refractivity contribution in [1.29, 1.82) is 0 Å². The van der Waals surface area contributed by atoms with E-state index >= 15 is 0 Å². The molecule has 0 aromatic heterocycles. The maximum absolute atomic E-state index is 12.3. The van der Waals surface area contributed by atoms with Crippen molar-refractivity contribution < 1.29 is 14.7 Å². The maximum Gasteiger partial charge on any atom is 0.305 e. The monoisotopic (exact) mass is 266 g/mol. The lowest BCUT2D eigenvalue weighted by Gasteiger charge is -2.24. The fourth-order valence-electron chi connectivity index (χ4n) is 3.50. The summed E-state index contributed by atoms with van der Waals surface area (Å²) in [5, 5.41) is 15.2. The number of amides is 1. The van der Waals surface area contributed by atoms with E-state index < -0.39 is 5.97 Å². The van der Waals surface area contributed by atoms with Gasteiger partial charge in [-0.05, 0) is 56.5 Å². The van der Waals surface area contributed by atoms with Crippen LogP contribution in [0.1, 0.15) is 38.5 Å². The number of nitrogens with one attached hydrogen (secondary N) is 2. The molecular formula is C14H22N2O3. The van der Waals surface area contributed by atoms with E-state index in [0.29, 0.717) is 5.92 Å². The van der Waals surface area contributed by atoms with E-state index in [4.69, 9.17) is 5.11 Å². The Balaban J connectivity index is 1.54. The summed E-state index contributed by atoms with van der Waals surface area (Å²) in [6.45, 7) is 2.01. The highest BCUT2D eigenvalue weighted by molar-refractivity contribution is 5.83. The summed E-state index contributed by atoms with van der Waals surface area (Å²) in [7, 11) is 0. The van der Waals surface area contributed by atoms with E-state index in [1.54, 1.807) is 0 Å². The number of carbonyl (C=O) groups excluding carboxylic acids is 1. The fourth-order valence-corrected chi connectivity index (χ4v) is 3.50. The molecule has 2 aliphatic carbocycles. The lowest BCUT2D eigenvalue weighted by molar-refractivity contribution is -0.138. The molecule has 2 atom stereocenters. The molecule has 3 N–H and O–H groups in total. The normalized spacial score (nSPS) is 29.8. The molecule has 1 amide bonds. The summed E-state index contributed by atoms with van der Waals surface area (Å²) in [6.07, 6.45) is 5.33. The number of rotatable bonds is 5. The molecule has 106 valence electrons. The van der Waals surface area contributed by atoms with Crippen LogP contribution in [0.25, 0.3) is 0 Å². The molecule has 2 unspecified atom stereocenters. The van der Waals surface area contributed by atoms with Crippen molar-refractivity contribution in [2.24, 2.45) is 17.3 Å². The maximum atomic E-state index is 12.3. The highest BCUT2D eigenvalue weighted by Gasteiger charge is 2.58. The Morgan fingerprint density at radius 1 is 1.32 bits per heavy atom. The molecule has 1 heterocycles. The van der Waals surface area contributed by atoms with Gasteiger partial charge in [0.05, 0.1) is 6.42 Å². The lowest BCUT2D eigenvalue weighted by Crippen LogP contribution is -2.40. The minimum absolute atomic E-state index is 0.0671. The molecule has 1 aliphatic heterocycles. The van der Waals surface area contributed by atoms with Crippen LogP contribution in [0, 0.1) is 17.3 Å². The van der Waals surface area contributed by atoms with Gasteiger partial charge in [0.15, 0.2) is 0 Å². The van der Waals surface area contributed by atoms with Crippen LogP contribution in [0.2, 0.25) is 0 Å². The smallest absolute Gasteiger partial charge is 0.305 e. The highest BCUT2D eigenvalue weighted by Crippen LogP contribution is 2.58. The summed E-state index contributed by atoms with van der Waals surface area (Å²) < 4.78 is 0. The van der Waals surface area contributed by atoms with Crippen LogP contribution < -0.4 is 10.6 Å². The molecule has 3 aliphatic rings. The first-order valence-electron chi connectivity index (χ1n) is 7.34. The summed E-state index contributed by atoms with van der Waals surface area (Å²) in [4.78, 5) is 23.1. The van der Waals surface area contributed by atoms with Crippen molar-refractivity contribution in [2.75, 3.05) is 13.1 Å². The van der Waals surface area contributed by atoms with Crippen molar-refractivity contribution in [3.05, 3.63) is 0 Å². The second-order valence-electron chi connectivity index (χ2n) is 6.42. The standard InChI is InChI=1S/C14H22N2O3/c17-12(18)7-11(9-1-2-9)16-13(19)10-8-14(10)3-5-15-6-4-14/h9-11,15H,1-8H2,(H,16,19)(H,17,18). The third kappa shape index (κ3) is 2.76. The van der Waals surface area contributed by atoms with E-state index in [1.807, 2.05) is 0 Å². The molecule has 0 radical (unpaired) electrons. The van der Waals surface area contributed by atoms with Gasteiger partial charge < -0.3 is 15.7 Å². The van der Waals surface area contributed by atoms with Gasteiger partial charge in [-0.2, -0.15) is 0 Å². The van der Waals surface area contributed by atoms with Crippen molar-refractivity contribution >= 4 is 11.9 Å². The van der Waals surface area contributed by atoms with Gasteiger partial charge in [0, 0.05) is 12.0 Å². The molecular weight excluding hydrogens is 244 g/mol. The molecule has 0 aromatic carbocycles. The third-order valence-electron chi connectivity index (χ3n) is 5.02. The quantitative estimate of drug-likeness (QED) is 0.686. The number of hydrogen-bond donors (Lipinski definition) is 3. The number of hydrogen-bond acceptors (Lipinski definition) is 3. The molecule has 3 rings (SSSR count). The van der Waals surface area contributed by atoms with Crippen LogP contribution in [0.4, 0.5) is 0 Å². The Hall–Kier alpha value is -1.10. The van der Waals surface area contributed by atoms with Gasteiger partial charge in [-0.15, -0.1) is 0 Å². The minimum Gasteiger partial charge on any atom is -0.481 e. The number of carbonyl (C=O) groups is 2. The van der Waals surface area contributed by atoms with E-state index in [1.165, 1.54) is 0 Å². The Bertz CT molecular complexity index is 386. The van der Waals surface area contributed by atoms with Crippen molar-refractivity contribution in [3.63, 3.8) is 0 Å². The number of piperidine rings is 1. The number of aliphatic carboxylic acids is 1. The second kappa shape index (κ2) is 4.78. The Kier molecular flexibility index (Phi) is 3.25. The van der Waals surface area contributed by atoms with Gasteiger partial charge >= 0.3 is 5.97 Å². The van der Waals surface area contributed by atoms with Crippen molar-refractivity contribution in [2.45, 2.75) is 44.6 Å². The van der Waals surface area contributed by atoms with Crippen LogP contribution in [-0.2, 0) is 9.59 Å². The van der Waals surface area contributed by atoms with Gasteiger partial charge in [0.25, 0.3) is 0 Å². The van der Waals surface area contributed by atoms with Crippen LogP contribution in [0.15, 0.2) is 0 Å². The molecule has 19 heavy (non-hydrogen) atoms. The molecule has 5 nitrogen and oxygen atoms in total. The second-order valence-corrected chi connectivity index (χ2v) is 6.42. The molecule has 0 bridgehead atoms. The number of carboxylic acid groups (broad SMARTS) is 1. The summed E-state index contributed by atoms with van der Waals surface area (Å²) in [5.41, 5.74) is 0.229. The SMILES string of the molecule is O=C(O)CC(NC(=O)C1CC12CCNCC2)C1CC1.